The molecule has 1 atom stereocenters. The van der Waals surface area contributed by atoms with Crippen LogP contribution < -0.4 is 10.2 Å². The van der Waals surface area contributed by atoms with E-state index < -0.39 is 0 Å². The van der Waals surface area contributed by atoms with Crippen LogP contribution in [0.25, 0.3) is 0 Å². The number of rotatable bonds is 10. The monoisotopic (exact) mass is 467 g/mol. The van der Waals surface area contributed by atoms with Crippen molar-refractivity contribution in [1.29, 1.82) is 0 Å². The zero-order valence-corrected chi connectivity index (χ0v) is 20.5. The molecule has 3 heterocycles. The summed E-state index contributed by atoms with van der Waals surface area (Å²) in [5, 5.41) is 12.7. The Hall–Kier alpha value is -2.74. The summed E-state index contributed by atoms with van der Waals surface area (Å²) in [5.41, 5.74) is 2.44. The summed E-state index contributed by atoms with van der Waals surface area (Å²) in [5.74, 6) is 2.59. The Morgan fingerprint density at radius 3 is 2.55 bits per heavy atom. The Bertz CT molecular complexity index is 1020. The zero-order chi connectivity index (χ0) is 23.2. The number of furan rings is 1. The van der Waals surface area contributed by atoms with Crippen LogP contribution in [0.2, 0.25) is 0 Å². The van der Waals surface area contributed by atoms with Crippen molar-refractivity contribution in [3.05, 3.63) is 59.5 Å². The molecule has 2 aromatic heterocycles. The number of carbonyl (C=O) groups excluding carboxylic acids is 1. The third-order valence-corrected chi connectivity index (χ3v) is 6.78. The van der Waals surface area contributed by atoms with Gasteiger partial charge in [-0.3, -0.25) is 9.36 Å². The number of aromatic nitrogens is 3. The summed E-state index contributed by atoms with van der Waals surface area (Å²) in [4.78, 5) is 14.9. The van der Waals surface area contributed by atoms with Crippen molar-refractivity contribution in [2.24, 2.45) is 5.92 Å². The Labute approximate surface area is 199 Å². The van der Waals surface area contributed by atoms with E-state index >= 15 is 0 Å². The average molecular weight is 468 g/mol. The molecule has 7 nitrogen and oxygen atoms in total. The standard InChI is InChI=1S/C25H33N5O2S/c1-18(2)15-20-8-10-21(11-9-20)19(3)26-23(31)17-33-25-28-27-24(29-12-4-5-13-29)30(25)16-22-7-6-14-32-22/h6-11,14,18-19H,4-5,12-13,15-17H2,1-3H3,(H,26,31). The molecule has 1 saturated heterocycles. The number of hydrogen-bond acceptors (Lipinski definition) is 6. The Morgan fingerprint density at radius 2 is 1.88 bits per heavy atom. The van der Waals surface area contributed by atoms with Crippen LogP contribution in [0.4, 0.5) is 5.95 Å². The van der Waals surface area contributed by atoms with E-state index in [4.69, 9.17) is 4.42 Å². The molecule has 0 radical (unpaired) electrons. The van der Waals surface area contributed by atoms with Gasteiger partial charge in [0.1, 0.15) is 5.76 Å². The van der Waals surface area contributed by atoms with E-state index in [0.717, 1.165) is 54.8 Å². The second-order valence-electron chi connectivity index (χ2n) is 9.06. The van der Waals surface area contributed by atoms with Gasteiger partial charge in [0.25, 0.3) is 0 Å². The van der Waals surface area contributed by atoms with E-state index in [-0.39, 0.29) is 17.7 Å². The minimum absolute atomic E-state index is 0.0194. The fourth-order valence-corrected chi connectivity index (χ4v) is 4.89. The third kappa shape index (κ3) is 6.19. The summed E-state index contributed by atoms with van der Waals surface area (Å²) in [7, 11) is 0. The van der Waals surface area contributed by atoms with Crippen LogP contribution in [0, 0.1) is 5.92 Å². The predicted octanol–water partition coefficient (Wildman–Crippen LogP) is 4.69. The normalized spacial score (nSPS) is 14.7. The van der Waals surface area contributed by atoms with Gasteiger partial charge in [0, 0.05) is 13.1 Å². The molecule has 1 amide bonds. The molecule has 0 spiro atoms. The van der Waals surface area contributed by atoms with Gasteiger partial charge < -0.3 is 14.6 Å². The first-order valence-corrected chi connectivity index (χ1v) is 12.7. The summed E-state index contributed by atoms with van der Waals surface area (Å²) in [6, 6.07) is 12.3. The lowest BCUT2D eigenvalue weighted by Gasteiger charge is -2.18. The maximum atomic E-state index is 12.7. The first-order chi connectivity index (χ1) is 16.0. The number of thioether (sulfide) groups is 1. The molecule has 1 unspecified atom stereocenters. The summed E-state index contributed by atoms with van der Waals surface area (Å²) in [6.45, 7) is 8.97. The largest absolute Gasteiger partial charge is 0.467 e. The van der Waals surface area contributed by atoms with Gasteiger partial charge in [-0.05, 0) is 55.4 Å². The second-order valence-corrected chi connectivity index (χ2v) is 10.0. The van der Waals surface area contributed by atoms with E-state index in [2.05, 4.69) is 63.1 Å². The highest BCUT2D eigenvalue weighted by atomic mass is 32.2. The van der Waals surface area contributed by atoms with Crippen molar-refractivity contribution >= 4 is 23.6 Å². The van der Waals surface area contributed by atoms with Crippen molar-refractivity contribution in [2.45, 2.75) is 57.8 Å². The van der Waals surface area contributed by atoms with Gasteiger partial charge in [0.2, 0.25) is 11.9 Å². The molecule has 1 aliphatic rings. The fourth-order valence-electron chi connectivity index (χ4n) is 4.15. The number of carbonyl (C=O) groups is 1. The van der Waals surface area contributed by atoms with Gasteiger partial charge >= 0.3 is 0 Å². The minimum atomic E-state index is -0.0488. The number of benzene rings is 1. The number of amides is 1. The molecule has 176 valence electrons. The van der Waals surface area contributed by atoms with E-state index in [0.29, 0.717) is 12.5 Å². The number of nitrogens with zero attached hydrogens (tertiary/aromatic N) is 4. The summed E-state index contributed by atoms with van der Waals surface area (Å²) >= 11 is 1.41. The fraction of sp³-hybridized carbons (Fsp3) is 0.480. The van der Waals surface area contributed by atoms with Crippen LogP contribution in [0.15, 0.2) is 52.2 Å². The van der Waals surface area contributed by atoms with Gasteiger partial charge in [0.05, 0.1) is 24.6 Å². The lowest BCUT2D eigenvalue weighted by molar-refractivity contribution is -0.119. The SMILES string of the molecule is CC(C)Cc1ccc(C(C)NC(=O)CSc2nnc(N3CCCC3)n2Cc2ccco2)cc1. The van der Waals surface area contributed by atoms with Crippen LogP contribution >= 0.6 is 11.8 Å². The van der Waals surface area contributed by atoms with Crippen LogP contribution in [0.5, 0.6) is 0 Å². The quantitative estimate of drug-likeness (QED) is 0.436. The molecule has 1 N–H and O–H groups in total. The van der Waals surface area contributed by atoms with Crippen molar-refractivity contribution < 1.29 is 9.21 Å². The van der Waals surface area contributed by atoms with Crippen LogP contribution in [-0.4, -0.2) is 39.5 Å². The van der Waals surface area contributed by atoms with Gasteiger partial charge in [-0.1, -0.05) is 49.9 Å². The second kappa shape index (κ2) is 10.9. The molecule has 8 heteroatoms. The van der Waals surface area contributed by atoms with Crippen LogP contribution in [-0.2, 0) is 17.8 Å². The maximum Gasteiger partial charge on any atom is 0.230 e. The Kier molecular flexibility index (Phi) is 7.75. The van der Waals surface area contributed by atoms with E-state index in [1.807, 2.05) is 19.1 Å². The van der Waals surface area contributed by atoms with Crippen molar-refractivity contribution in [1.82, 2.24) is 20.1 Å². The first kappa shape index (κ1) is 23.4. The van der Waals surface area contributed by atoms with E-state index in [1.165, 1.54) is 17.3 Å². The lowest BCUT2D eigenvalue weighted by Crippen LogP contribution is -2.28. The summed E-state index contributed by atoms with van der Waals surface area (Å²) in [6.07, 6.45) is 5.06. The van der Waals surface area contributed by atoms with E-state index in [9.17, 15) is 4.79 Å². The molecule has 0 bridgehead atoms. The first-order valence-electron chi connectivity index (χ1n) is 11.7. The van der Waals surface area contributed by atoms with Crippen molar-refractivity contribution in [2.75, 3.05) is 23.7 Å². The van der Waals surface area contributed by atoms with Gasteiger partial charge in [-0.15, -0.1) is 10.2 Å². The predicted molar refractivity (Wildman–Crippen MR) is 132 cm³/mol. The lowest BCUT2D eigenvalue weighted by atomic mass is 10.00. The van der Waals surface area contributed by atoms with Gasteiger partial charge in [-0.2, -0.15) is 0 Å². The van der Waals surface area contributed by atoms with Crippen molar-refractivity contribution in [3.63, 3.8) is 0 Å². The molecule has 1 fully saturated rings. The van der Waals surface area contributed by atoms with E-state index in [1.54, 1.807) is 6.26 Å². The molecular formula is C25H33N5O2S. The number of anilines is 1. The number of nitrogens with one attached hydrogen (secondary N) is 1. The molecule has 0 saturated carbocycles. The molecule has 33 heavy (non-hydrogen) atoms. The smallest absolute Gasteiger partial charge is 0.230 e. The highest BCUT2D eigenvalue weighted by Crippen LogP contribution is 2.26. The maximum absolute atomic E-state index is 12.7. The summed E-state index contributed by atoms with van der Waals surface area (Å²) < 4.78 is 7.61. The third-order valence-electron chi connectivity index (χ3n) is 5.81. The minimum Gasteiger partial charge on any atom is -0.467 e. The van der Waals surface area contributed by atoms with Gasteiger partial charge in [0.15, 0.2) is 5.16 Å². The topological polar surface area (TPSA) is 76.2 Å². The van der Waals surface area contributed by atoms with Crippen molar-refractivity contribution in [3.8, 4) is 0 Å². The molecular weight excluding hydrogens is 434 g/mol. The zero-order valence-electron chi connectivity index (χ0n) is 19.7. The Morgan fingerprint density at radius 1 is 1.12 bits per heavy atom. The van der Waals surface area contributed by atoms with Gasteiger partial charge in [-0.25, -0.2) is 0 Å². The van der Waals surface area contributed by atoms with Crippen LogP contribution in [0.3, 0.4) is 0 Å². The number of hydrogen-bond donors (Lipinski definition) is 1. The highest BCUT2D eigenvalue weighted by Gasteiger charge is 2.22. The molecule has 1 aromatic carbocycles. The van der Waals surface area contributed by atoms with Crippen LogP contribution in [0.1, 0.15) is 56.5 Å². The highest BCUT2D eigenvalue weighted by molar-refractivity contribution is 7.99. The molecule has 3 aromatic rings. The average Bonchev–Trinajstić information content (AvgIpc) is 3.55. The molecule has 4 rings (SSSR count). The molecule has 0 aliphatic carbocycles. The Balaban J connectivity index is 1.37. The molecule has 1 aliphatic heterocycles.